The standard InChI is InChI=1S/C92H96BN3OS/c1-85(2)37-39-87(5,6)69-46-57(29-34-67(69)85)94-76-36-33-64-65-51-71-74(92(15,16)44-41-89(71,9)10)54-79(65)97-84(64)82(76)66-47-61(95(58-26-22-25-56(45-58)55-23-18-17-19-24-55)60-30-32-63-62-27-20-21-28-80(62)98-81(63)50-60)49-78-83(66)93-75-52-72-73(91(13,14)43-42-90(72,11)12)53-77(75)96(78)59-31-35-68-70(48-59)88(7,8)40-38-86(68,3)4/h17-36,45-54,93-94H,37-44H2,1-16H3. The number of hydrogen-bond donors (Lipinski definition) is 1. The molecule has 1 N–H and O–H groups in total. The number of anilines is 8. The van der Waals surface area contributed by atoms with Crippen molar-refractivity contribution in [3.05, 3.63) is 226 Å². The molecule has 10 aromatic carbocycles. The van der Waals surface area contributed by atoms with Crippen LogP contribution in [-0.2, 0) is 43.3 Å². The van der Waals surface area contributed by atoms with E-state index in [9.17, 15) is 0 Å². The van der Waals surface area contributed by atoms with Gasteiger partial charge in [-0.15, -0.1) is 11.3 Å². The van der Waals surface area contributed by atoms with Crippen molar-refractivity contribution < 1.29 is 4.42 Å². The number of fused-ring (bicyclic) bond motifs is 12. The summed E-state index contributed by atoms with van der Waals surface area (Å²) in [6, 6.07) is 71.4. The topological polar surface area (TPSA) is 31.7 Å². The lowest BCUT2D eigenvalue weighted by molar-refractivity contribution is 0.332. The van der Waals surface area contributed by atoms with E-state index < -0.39 is 0 Å². The Labute approximate surface area is 587 Å². The summed E-state index contributed by atoms with van der Waals surface area (Å²) < 4.78 is 10.4. The van der Waals surface area contributed by atoms with Crippen LogP contribution in [0.1, 0.15) is 207 Å². The van der Waals surface area contributed by atoms with Gasteiger partial charge in [0.05, 0.1) is 5.69 Å². The minimum absolute atomic E-state index is 0.00131. The van der Waals surface area contributed by atoms with E-state index in [1.54, 1.807) is 0 Å². The summed E-state index contributed by atoms with van der Waals surface area (Å²) in [5.41, 5.74) is 29.9. The Morgan fingerprint density at radius 2 is 0.929 bits per heavy atom. The molecule has 5 aliphatic rings. The van der Waals surface area contributed by atoms with Gasteiger partial charge in [-0.1, -0.05) is 201 Å². The number of rotatable bonds is 8. The van der Waals surface area contributed by atoms with Crippen LogP contribution < -0.4 is 26.0 Å². The first-order valence-electron chi connectivity index (χ1n) is 36.6. The van der Waals surface area contributed by atoms with Crippen LogP contribution in [0.25, 0.3) is 64.4 Å². The molecule has 0 amide bonds. The highest BCUT2D eigenvalue weighted by molar-refractivity contribution is 7.25. The average molecular weight is 1300 g/mol. The smallest absolute Gasteiger partial charge is 0.198 e. The van der Waals surface area contributed by atoms with Gasteiger partial charge in [0.2, 0.25) is 0 Å². The summed E-state index contributed by atoms with van der Waals surface area (Å²) in [7, 11) is 0.732. The molecule has 1 aliphatic heterocycles. The summed E-state index contributed by atoms with van der Waals surface area (Å²) in [6.07, 6.45) is 9.13. The molecule has 17 rings (SSSR count). The van der Waals surface area contributed by atoms with Crippen molar-refractivity contribution >= 4 is 117 Å². The molecule has 0 atom stereocenters. The maximum Gasteiger partial charge on any atom is 0.198 e. The van der Waals surface area contributed by atoms with Crippen molar-refractivity contribution in [2.75, 3.05) is 15.1 Å². The Morgan fingerprint density at radius 3 is 1.60 bits per heavy atom. The zero-order valence-corrected chi connectivity index (χ0v) is 61.7. The van der Waals surface area contributed by atoms with Crippen LogP contribution in [-0.4, -0.2) is 7.28 Å². The lowest BCUT2D eigenvalue weighted by atomic mass is 9.55. The molecule has 0 unspecified atom stereocenters. The largest absolute Gasteiger partial charge is 0.455 e. The van der Waals surface area contributed by atoms with E-state index in [0.29, 0.717) is 0 Å². The molecule has 0 saturated carbocycles. The summed E-state index contributed by atoms with van der Waals surface area (Å²) in [6.45, 7) is 39.4. The first-order valence-corrected chi connectivity index (χ1v) is 37.4. The molecular formula is C92H96BN3OS. The zero-order valence-electron chi connectivity index (χ0n) is 60.9. The molecule has 494 valence electrons. The lowest BCUT2D eigenvalue weighted by Crippen LogP contribution is -2.44. The van der Waals surface area contributed by atoms with E-state index in [2.05, 4.69) is 308 Å². The third kappa shape index (κ3) is 10.0. The van der Waals surface area contributed by atoms with Crippen LogP contribution in [0.15, 0.2) is 186 Å². The van der Waals surface area contributed by atoms with Gasteiger partial charge in [0, 0.05) is 76.3 Å². The van der Waals surface area contributed by atoms with Crippen molar-refractivity contribution in [3.63, 3.8) is 0 Å². The second-order valence-corrected chi connectivity index (χ2v) is 36.7. The maximum absolute atomic E-state index is 7.84. The molecule has 0 spiro atoms. The fourth-order valence-corrected chi connectivity index (χ4v) is 19.7. The van der Waals surface area contributed by atoms with Crippen LogP contribution >= 0.6 is 11.3 Å². The van der Waals surface area contributed by atoms with E-state index in [-0.39, 0.29) is 43.3 Å². The molecule has 12 aromatic rings. The van der Waals surface area contributed by atoms with E-state index in [0.717, 1.165) is 115 Å². The molecule has 4 aliphatic carbocycles. The summed E-state index contributed by atoms with van der Waals surface area (Å²) >= 11 is 1.89. The number of hydrogen-bond acceptors (Lipinski definition) is 5. The lowest BCUT2D eigenvalue weighted by Gasteiger charge is -2.45. The molecule has 2 aromatic heterocycles. The number of nitrogens with one attached hydrogen (secondary N) is 1. The van der Waals surface area contributed by atoms with Gasteiger partial charge in [-0.3, -0.25) is 0 Å². The third-order valence-electron chi connectivity index (χ3n) is 25.3. The van der Waals surface area contributed by atoms with Crippen LogP contribution in [0.5, 0.6) is 0 Å². The van der Waals surface area contributed by atoms with Gasteiger partial charge in [-0.25, -0.2) is 0 Å². The van der Waals surface area contributed by atoms with Crippen molar-refractivity contribution in [1.29, 1.82) is 0 Å². The molecule has 0 saturated heterocycles. The van der Waals surface area contributed by atoms with Gasteiger partial charge in [0.1, 0.15) is 11.2 Å². The van der Waals surface area contributed by atoms with Gasteiger partial charge < -0.3 is 19.5 Å². The molecule has 3 heterocycles. The van der Waals surface area contributed by atoms with Crippen LogP contribution in [0.4, 0.5) is 45.5 Å². The van der Waals surface area contributed by atoms with Gasteiger partial charge in [0.15, 0.2) is 7.28 Å². The minimum atomic E-state index is -0.0220. The Bertz CT molecular complexity index is 5310. The van der Waals surface area contributed by atoms with Crippen molar-refractivity contribution in [3.8, 4) is 22.3 Å². The number of nitrogens with zero attached hydrogens (tertiary/aromatic N) is 2. The third-order valence-corrected chi connectivity index (χ3v) is 26.4. The molecule has 0 fully saturated rings. The first kappa shape index (κ1) is 63.2. The van der Waals surface area contributed by atoms with E-state index in [4.69, 9.17) is 4.42 Å². The highest BCUT2D eigenvalue weighted by Crippen LogP contribution is 2.56. The summed E-state index contributed by atoms with van der Waals surface area (Å²) in [5, 5.41) is 9.17. The number of thiophene rings is 1. The number of furan rings is 1. The first-order chi connectivity index (χ1) is 46.5. The van der Waals surface area contributed by atoms with Crippen molar-refractivity contribution in [2.24, 2.45) is 0 Å². The predicted molar refractivity (Wildman–Crippen MR) is 424 cm³/mol. The Hall–Kier alpha value is -8.32. The molecule has 0 radical (unpaired) electrons. The highest BCUT2D eigenvalue weighted by Gasteiger charge is 2.44. The second kappa shape index (κ2) is 21.6. The predicted octanol–water partition coefficient (Wildman–Crippen LogP) is 25.1. The van der Waals surface area contributed by atoms with Crippen LogP contribution in [0, 0.1) is 0 Å². The molecule has 6 heteroatoms. The molecule has 0 bridgehead atoms. The van der Waals surface area contributed by atoms with Gasteiger partial charge in [-0.05, 0) is 258 Å². The van der Waals surface area contributed by atoms with Gasteiger partial charge in [-0.2, -0.15) is 0 Å². The molecular weight excluding hydrogens is 1210 g/mol. The van der Waals surface area contributed by atoms with Crippen molar-refractivity contribution in [2.45, 2.75) is 205 Å². The Morgan fingerprint density at radius 1 is 0.388 bits per heavy atom. The summed E-state index contributed by atoms with van der Waals surface area (Å²) in [5.74, 6) is 0. The quantitative estimate of drug-likeness (QED) is 0.154. The van der Waals surface area contributed by atoms with Crippen molar-refractivity contribution in [1.82, 2.24) is 0 Å². The SMILES string of the molecule is CC1(C)CCC(C)(C)c2cc(Nc3ccc4c(oc5cc6c(cc54)C(C)(C)CCC6(C)C)c3-c3cc(N(c4cccc(-c5ccccc5)c4)c4ccc5c(c4)sc4ccccc45)cc4c3Bc3cc5c(cc3N4c3ccc4c(c3)C(C)(C)CCC4(C)C)C(C)(C)CCC5(C)C)ccc21. The van der Waals surface area contributed by atoms with Gasteiger partial charge >= 0.3 is 0 Å². The van der Waals surface area contributed by atoms with E-state index in [1.165, 1.54) is 109 Å². The maximum atomic E-state index is 7.84. The second-order valence-electron chi connectivity index (χ2n) is 35.6. The molecule has 98 heavy (non-hydrogen) atoms. The van der Waals surface area contributed by atoms with Gasteiger partial charge in [0.25, 0.3) is 0 Å². The number of benzene rings is 10. The van der Waals surface area contributed by atoms with E-state index >= 15 is 0 Å². The van der Waals surface area contributed by atoms with Crippen LogP contribution in [0.3, 0.4) is 0 Å². The zero-order chi connectivity index (χ0) is 68.2. The normalized spacial score (nSPS) is 19.2. The average Bonchev–Trinajstić information content (AvgIpc) is 1.43. The fraction of sp³-hybridized carbons (Fsp3) is 0.348. The Balaban J connectivity index is 1.02. The fourth-order valence-electron chi connectivity index (χ4n) is 18.5. The monoisotopic (exact) mass is 1300 g/mol. The highest BCUT2D eigenvalue weighted by atomic mass is 32.1. The van der Waals surface area contributed by atoms with E-state index in [1.807, 2.05) is 11.3 Å². The minimum Gasteiger partial charge on any atom is -0.455 e. The van der Waals surface area contributed by atoms with Crippen LogP contribution in [0.2, 0.25) is 0 Å². The summed E-state index contributed by atoms with van der Waals surface area (Å²) in [4.78, 5) is 5.30. The Kier molecular flexibility index (Phi) is 13.9. The molecule has 4 nitrogen and oxygen atoms in total.